The molecule has 162 valence electrons. The molecule has 3 heterocycles. The molecule has 0 fully saturated rings. The molecule has 0 unspecified atom stereocenters. The summed E-state index contributed by atoms with van der Waals surface area (Å²) < 4.78 is 13.1. The van der Waals surface area contributed by atoms with Crippen LogP contribution in [0.25, 0.3) is 22.4 Å². The number of rotatable bonds is 7. The summed E-state index contributed by atoms with van der Waals surface area (Å²) in [6, 6.07) is 14.4. The van der Waals surface area contributed by atoms with E-state index in [0.29, 0.717) is 40.0 Å². The number of fused-ring (bicyclic) bond motifs is 1. The van der Waals surface area contributed by atoms with E-state index in [-0.39, 0.29) is 12.4 Å². The maximum atomic E-state index is 13.0. The van der Waals surface area contributed by atoms with E-state index in [4.69, 9.17) is 9.15 Å². The molecule has 3 aromatic heterocycles. The Morgan fingerprint density at radius 3 is 2.59 bits per heavy atom. The zero-order valence-electron chi connectivity index (χ0n) is 18.3. The summed E-state index contributed by atoms with van der Waals surface area (Å²) in [6.45, 7) is 9.67. The maximum absolute atomic E-state index is 13.0. The van der Waals surface area contributed by atoms with Crippen LogP contribution in [0.1, 0.15) is 37.9 Å². The standard InChI is InChI=1S/C26H24N2O4/c1-5-12-28-16(2)13-20(18(28)4)24(29)15-31-26(30)21-14-23(25-11-10-17(3)32-25)27-22-9-7-6-8-19(21)22/h5-11,13-14H,1,12,15H2,2-4H3. The van der Waals surface area contributed by atoms with E-state index in [0.717, 1.165) is 17.1 Å². The fourth-order valence-electron chi connectivity index (χ4n) is 3.82. The van der Waals surface area contributed by atoms with Gasteiger partial charge in [-0.25, -0.2) is 9.78 Å². The van der Waals surface area contributed by atoms with Gasteiger partial charge in [-0.15, -0.1) is 6.58 Å². The van der Waals surface area contributed by atoms with E-state index in [1.165, 1.54) is 0 Å². The third-order valence-electron chi connectivity index (χ3n) is 5.45. The van der Waals surface area contributed by atoms with Crippen molar-refractivity contribution in [2.75, 3.05) is 6.61 Å². The second-order valence-electron chi connectivity index (χ2n) is 7.67. The van der Waals surface area contributed by atoms with E-state index in [1.807, 2.05) is 61.7 Å². The van der Waals surface area contributed by atoms with E-state index < -0.39 is 5.97 Å². The smallest absolute Gasteiger partial charge is 0.339 e. The van der Waals surface area contributed by atoms with Crippen molar-refractivity contribution in [3.05, 3.63) is 89.5 Å². The topological polar surface area (TPSA) is 74.3 Å². The van der Waals surface area contributed by atoms with Crippen LogP contribution in [-0.2, 0) is 11.3 Å². The van der Waals surface area contributed by atoms with Crippen molar-refractivity contribution >= 4 is 22.7 Å². The normalized spacial score (nSPS) is 11.0. The molecule has 0 saturated heterocycles. The van der Waals surface area contributed by atoms with E-state index in [1.54, 1.807) is 18.2 Å². The predicted molar refractivity (Wildman–Crippen MR) is 123 cm³/mol. The van der Waals surface area contributed by atoms with Gasteiger partial charge in [0.2, 0.25) is 5.78 Å². The molecule has 4 aromatic rings. The number of benzene rings is 1. The minimum atomic E-state index is -0.582. The molecule has 0 radical (unpaired) electrons. The second-order valence-corrected chi connectivity index (χ2v) is 7.67. The van der Waals surface area contributed by atoms with Crippen LogP contribution >= 0.6 is 0 Å². The van der Waals surface area contributed by atoms with Gasteiger partial charge in [0.25, 0.3) is 0 Å². The molecular formula is C26H24N2O4. The minimum Gasteiger partial charge on any atom is -0.460 e. The van der Waals surface area contributed by atoms with Crippen LogP contribution in [0.15, 0.2) is 65.6 Å². The van der Waals surface area contributed by atoms with Crippen molar-refractivity contribution in [2.24, 2.45) is 0 Å². The molecule has 32 heavy (non-hydrogen) atoms. The summed E-state index contributed by atoms with van der Waals surface area (Å²) in [7, 11) is 0. The largest absolute Gasteiger partial charge is 0.460 e. The van der Waals surface area contributed by atoms with Gasteiger partial charge in [0.1, 0.15) is 11.5 Å². The van der Waals surface area contributed by atoms with Crippen molar-refractivity contribution in [2.45, 2.75) is 27.3 Å². The Bertz CT molecular complexity index is 1340. The first-order valence-electron chi connectivity index (χ1n) is 10.3. The molecule has 0 saturated carbocycles. The number of furan rings is 1. The van der Waals surface area contributed by atoms with Gasteiger partial charge in [0, 0.05) is 28.9 Å². The first-order chi connectivity index (χ1) is 15.4. The summed E-state index contributed by atoms with van der Waals surface area (Å²) in [5, 5.41) is 0.654. The Labute approximate surface area is 186 Å². The average molecular weight is 428 g/mol. The van der Waals surface area contributed by atoms with Crippen LogP contribution < -0.4 is 0 Å². The predicted octanol–water partition coefficient (Wildman–Crippen LogP) is 5.45. The van der Waals surface area contributed by atoms with Gasteiger partial charge >= 0.3 is 5.97 Å². The monoisotopic (exact) mass is 428 g/mol. The number of para-hydroxylation sites is 1. The SMILES string of the molecule is C=CCn1c(C)cc(C(=O)COC(=O)c2cc(-c3ccc(C)o3)nc3ccccc23)c1C. The molecule has 0 aliphatic rings. The number of aromatic nitrogens is 2. The Hall–Kier alpha value is -3.93. The van der Waals surface area contributed by atoms with E-state index >= 15 is 0 Å². The Balaban J connectivity index is 1.61. The number of carbonyl (C=O) groups is 2. The van der Waals surface area contributed by atoms with Crippen LogP contribution in [0.3, 0.4) is 0 Å². The lowest BCUT2D eigenvalue weighted by Gasteiger charge is -2.09. The van der Waals surface area contributed by atoms with Crippen molar-refractivity contribution < 1.29 is 18.7 Å². The number of carbonyl (C=O) groups excluding carboxylic acids is 2. The number of esters is 1. The van der Waals surface area contributed by atoms with Crippen LogP contribution in [0.5, 0.6) is 0 Å². The van der Waals surface area contributed by atoms with Gasteiger partial charge in [-0.2, -0.15) is 0 Å². The van der Waals surface area contributed by atoms with Crippen LogP contribution in [0, 0.1) is 20.8 Å². The van der Waals surface area contributed by atoms with E-state index in [2.05, 4.69) is 11.6 Å². The molecule has 4 rings (SSSR count). The zero-order chi connectivity index (χ0) is 22.8. The molecule has 0 N–H and O–H groups in total. The molecule has 6 nitrogen and oxygen atoms in total. The van der Waals surface area contributed by atoms with Crippen molar-refractivity contribution in [3.8, 4) is 11.5 Å². The second kappa shape index (κ2) is 8.67. The Morgan fingerprint density at radius 2 is 1.88 bits per heavy atom. The molecule has 1 aromatic carbocycles. The number of aryl methyl sites for hydroxylation is 2. The molecule has 0 atom stereocenters. The summed E-state index contributed by atoms with van der Waals surface area (Å²) in [5.41, 5.74) is 3.84. The number of ketones is 1. The number of nitrogens with zero attached hydrogens (tertiary/aromatic N) is 2. The van der Waals surface area contributed by atoms with Crippen molar-refractivity contribution in [1.29, 1.82) is 0 Å². The highest BCUT2D eigenvalue weighted by Crippen LogP contribution is 2.27. The molecule has 0 spiro atoms. The fourth-order valence-corrected chi connectivity index (χ4v) is 3.82. The molecule has 0 amide bonds. The quantitative estimate of drug-likeness (QED) is 0.222. The zero-order valence-corrected chi connectivity index (χ0v) is 18.3. The number of allylic oxidation sites excluding steroid dienone is 1. The summed E-state index contributed by atoms with van der Waals surface area (Å²) >= 11 is 0. The van der Waals surface area contributed by atoms with Gasteiger partial charge < -0.3 is 13.7 Å². The maximum Gasteiger partial charge on any atom is 0.339 e. The van der Waals surface area contributed by atoms with Crippen LogP contribution in [-0.4, -0.2) is 27.9 Å². The fraction of sp³-hybridized carbons (Fsp3) is 0.192. The Kier molecular flexibility index (Phi) is 5.77. The Morgan fingerprint density at radius 1 is 1.09 bits per heavy atom. The molecule has 6 heteroatoms. The third kappa shape index (κ3) is 3.99. The average Bonchev–Trinajstić information content (AvgIpc) is 3.35. The third-order valence-corrected chi connectivity index (χ3v) is 5.45. The van der Waals surface area contributed by atoms with Gasteiger partial charge in [-0.3, -0.25) is 4.79 Å². The van der Waals surface area contributed by atoms with E-state index in [9.17, 15) is 9.59 Å². The van der Waals surface area contributed by atoms with Crippen molar-refractivity contribution in [1.82, 2.24) is 9.55 Å². The highest BCUT2D eigenvalue weighted by Gasteiger charge is 2.20. The number of pyridine rings is 1. The number of ether oxygens (including phenoxy) is 1. The molecular weight excluding hydrogens is 404 g/mol. The van der Waals surface area contributed by atoms with Gasteiger partial charge in [0.05, 0.1) is 11.1 Å². The first kappa shape index (κ1) is 21.3. The first-order valence-corrected chi connectivity index (χ1v) is 10.3. The van der Waals surface area contributed by atoms with Crippen LogP contribution in [0.2, 0.25) is 0 Å². The van der Waals surface area contributed by atoms with Gasteiger partial charge in [-0.1, -0.05) is 24.3 Å². The summed E-state index contributed by atoms with van der Waals surface area (Å²) in [5.74, 6) is 0.482. The lowest BCUT2D eigenvalue weighted by Crippen LogP contribution is -2.15. The molecule has 0 aliphatic heterocycles. The van der Waals surface area contributed by atoms with Crippen LogP contribution in [0.4, 0.5) is 0 Å². The summed E-state index contributed by atoms with van der Waals surface area (Å²) in [4.78, 5) is 30.4. The molecule has 0 bridgehead atoms. The highest BCUT2D eigenvalue weighted by molar-refractivity contribution is 6.06. The summed E-state index contributed by atoms with van der Waals surface area (Å²) in [6.07, 6.45) is 1.78. The van der Waals surface area contributed by atoms with Gasteiger partial charge in [0.15, 0.2) is 12.4 Å². The number of hydrogen-bond donors (Lipinski definition) is 0. The number of hydrogen-bond acceptors (Lipinski definition) is 5. The lowest BCUT2D eigenvalue weighted by atomic mass is 10.1. The van der Waals surface area contributed by atoms with Gasteiger partial charge in [-0.05, 0) is 51.1 Å². The van der Waals surface area contributed by atoms with Crippen molar-refractivity contribution in [3.63, 3.8) is 0 Å². The minimum absolute atomic E-state index is 0.248. The lowest BCUT2D eigenvalue weighted by molar-refractivity contribution is 0.0476. The highest BCUT2D eigenvalue weighted by atomic mass is 16.5. The molecule has 0 aliphatic carbocycles. The number of Topliss-reactive ketones (excluding diaryl/α,β-unsaturated/α-hetero) is 1.